The first kappa shape index (κ1) is 18.3. The number of para-hydroxylation sites is 2. The van der Waals surface area contributed by atoms with E-state index < -0.39 is 0 Å². The van der Waals surface area contributed by atoms with Crippen molar-refractivity contribution in [1.82, 2.24) is 9.55 Å². The van der Waals surface area contributed by atoms with Crippen molar-refractivity contribution in [1.29, 1.82) is 5.26 Å². The third-order valence-corrected chi connectivity index (χ3v) is 6.15. The molecule has 0 saturated heterocycles. The molecule has 5 nitrogen and oxygen atoms in total. The molecule has 7 heteroatoms. The minimum Gasteiger partial charge on any atom is -0.495 e. The molecule has 0 aliphatic heterocycles. The van der Waals surface area contributed by atoms with Gasteiger partial charge in [0, 0.05) is 5.75 Å². The molecule has 0 radical (unpaired) electrons. The van der Waals surface area contributed by atoms with E-state index in [-0.39, 0.29) is 5.56 Å². The SMILES string of the molecule is COc1ccccc1-n1c(SCc2ccccc2C#N)nc2ccsc2c1=O. The van der Waals surface area contributed by atoms with Crippen molar-refractivity contribution in [3.05, 3.63) is 81.5 Å². The standard InChI is InChI=1S/C21H15N3O2S2/c1-26-18-9-5-4-8-17(18)24-20(25)19-16(10-11-27-19)23-21(24)28-13-15-7-3-2-6-14(15)12-22/h2-11H,13H2,1H3. The Hall–Kier alpha value is -3.08. The molecule has 28 heavy (non-hydrogen) atoms. The zero-order chi connectivity index (χ0) is 19.5. The number of benzene rings is 2. The lowest BCUT2D eigenvalue weighted by Crippen LogP contribution is -2.21. The van der Waals surface area contributed by atoms with Crippen LogP contribution in [0.5, 0.6) is 5.75 Å². The maximum Gasteiger partial charge on any atom is 0.276 e. The second kappa shape index (κ2) is 7.89. The molecule has 2 aromatic carbocycles. The van der Waals surface area contributed by atoms with Crippen LogP contribution in [-0.4, -0.2) is 16.7 Å². The first-order valence-corrected chi connectivity index (χ1v) is 10.3. The molecule has 4 rings (SSSR count). The van der Waals surface area contributed by atoms with Crippen molar-refractivity contribution >= 4 is 33.3 Å². The Morgan fingerprint density at radius 3 is 2.79 bits per heavy atom. The number of hydrogen-bond acceptors (Lipinski definition) is 6. The average molecular weight is 406 g/mol. The number of fused-ring (bicyclic) bond motifs is 1. The van der Waals surface area contributed by atoms with Gasteiger partial charge >= 0.3 is 0 Å². The van der Waals surface area contributed by atoms with Crippen LogP contribution in [0.25, 0.3) is 15.9 Å². The van der Waals surface area contributed by atoms with Crippen LogP contribution in [0.2, 0.25) is 0 Å². The fourth-order valence-electron chi connectivity index (χ4n) is 2.91. The van der Waals surface area contributed by atoms with Crippen LogP contribution in [0.4, 0.5) is 0 Å². The maximum absolute atomic E-state index is 13.2. The first-order chi connectivity index (χ1) is 13.7. The summed E-state index contributed by atoms with van der Waals surface area (Å²) in [4.78, 5) is 17.9. The molecule has 0 bridgehead atoms. The van der Waals surface area contributed by atoms with E-state index in [1.54, 1.807) is 17.7 Å². The molecule has 0 aliphatic rings. The number of methoxy groups -OCH3 is 1. The predicted molar refractivity (Wildman–Crippen MR) is 112 cm³/mol. The lowest BCUT2D eigenvalue weighted by molar-refractivity contribution is 0.411. The van der Waals surface area contributed by atoms with Gasteiger partial charge < -0.3 is 4.74 Å². The molecule has 0 unspecified atom stereocenters. The minimum absolute atomic E-state index is 0.124. The van der Waals surface area contributed by atoms with Crippen molar-refractivity contribution in [3.63, 3.8) is 0 Å². The van der Waals surface area contributed by atoms with Gasteiger partial charge in [0.25, 0.3) is 5.56 Å². The van der Waals surface area contributed by atoms with Crippen molar-refractivity contribution in [2.24, 2.45) is 0 Å². The van der Waals surface area contributed by atoms with Gasteiger partial charge in [-0.2, -0.15) is 5.26 Å². The Kier molecular flexibility index (Phi) is 5.15. The van der Waals surface area contributed by atoms with E-state index in [9.17, 15) is 10.1 Å². The Morgan fingerprint density at radius 2 is 1.96 bits per heavy atom. The van der Waals surface area contributed by atoms with E-state index in [0.29, 0.717) is 38.1 Å². The van der Waals surface area contributed by atoms with E-state index in [0.717, 1.165) is 5.56 Å². The van der Waals surface area contributed by atoms with Crippen molar-refractivity contribution < 1.29 is 4.74 Å². The third kappa shape index (κ3) is 3.28. The summed E-state index contributed by atoms with van der Waals surface area (Å²) in [5.41, 5.74) is 2.73. The lowest BCUT2D eigenvalue weighted by atomic mass is 10.1. The van der Waals surface area contributed by atoms with E-state index in [1.807, 2.05) is 53.9 Å². The molecular formula is C21H15N3O2S2. The number of ether oxygens (including phenoxy) is 1. The highest BCUT2D eigenvalue weighted by Gasteiger charge is 2.17. The number of thioether (sulfide) groups is 1. The van der Waals surface area contributed by atoms with Gasteiger partial charge in [-0.25, -0.2) is 4.98 Å². The Labute approximate surface area is 169 Å². The van der Waals surface area contributed by atoms with E-state index >= 15 is 0 Å². The van der Waals surface area contributed by atoms with Gasteiger partial charge in [-0.1, -0.05) is 42.1 Å². The Morgan fingerprint density at radius 1 is 1.18 bits per heavy atom. The Balaban J connectivity index is 1.85. The Bertz CT molecular complexity index is 1250. The molecule has 0 spiro atoms. The minimum atomic E-state index is -0.124. The number of rotatable bonds is 5. The maximum atomic E-state index is 13.2. The molecule has 0 N–H and O–H groups in total. The van der Waals surface area contributed by atoms with E-state index in [2.05, 4.69) is 6.07 Å². The fraction of sp³-hybridized carbons (Fsp3) is 0.0952. The number of aromatic nitrogens is 2. The average Bonchev–Trinajstić information content (AvgIpc) is 3.21. The van der Waals surface area contributed by atoms with Crippen molar-refractivity contribution in [2.75, 3.05) is 7.11 Å². The molecule has 2 aromatic heterocycles. The normalized spacial score (nSPS) is 10.7. The van der Waals surface area contributed by atoms with Gasteiger partial charge in [0.05, 0.1) is 29.9 Å². The summed E-state index contributed by atoms with van der Waals surface area (Å²) < 4.78 is 7.67. The van der Waals surface area contributed by atoms with Gasteiger partial charge in [0.2, 0.25) is 0 Å². The highest BCUT2D eigenvalue weighted by Crippen LogP contribution is 2.30. The fourth-order valence-corrected chi connectivity index (χ4v) is 4.68. The van der Waals surface area contributed by atoms with Crippen LogP contribution in [-0.2, 0) is 5.75 Å². The zero-order valence-electron chi connectivity index (χ0n) is 15.0. The number of thiophene rings is 1. The van der Waals surface area contributed by atoms with Gasteiger partial charge in [0.1, 0.15) is 10.4 Å². The third-order valence-electron chi connectivity index (χ3n) is 4.27. The lowest BCUT2D eigenvalue weighted by Gasteiger charge is -2.15. The highest BCUT2D eigenvalue weighted by molar-refractivity contribution is 7.98. The largest absolute Gasteiger partial charge is 0.495 e. The molecule has 0 fully saturated rings. The molecule has 4 aromatic rings. The zero-order valence-corrected chi connectivity index (χ0v) is 16.6. The first-order valence-electron chi connectivity index (χ1n) is 8.47. The summed E-state index contributed by atoms with van der Waals surface area (Å²) in [5, 5.41) is 11.8. The number of hydrogen-bond donors (Lipinski definition) is 0. The highest BCUT2D eigenvalue weighted by atomic mass is 32.2. The van der Waals surface area contributed by atoms with E-state index in [4.69, 9.17) is 9.72 Å². The van der Waals surface area contributed by atoms with Gasteiger partial charge in [-0.05, 0) is 35.2 Å². The summed E-state index contributed by atoms with van der Waals surface area (Å²) in [7, 11) is 1.58. The van der Waals surface area contributed by atoms with Crippen LogP contribution < -0.4 is 10.3 Å². The van der Waals surface area contributed by atoms with Crippen molar-refractivity contribution in [3.8, 4) is 17.5 Å². The predicted octanol–water partition coefficient (Wildman–Crippen LogP) is 4.62. The summed E-state index contributed by atoms with van der Waals surface area (Å²) in [6, 6.07) is 18.9. The van der Waals surface area contributed by atoms with Gasteiger partial charge in [-0.15, -0.1) is 11.3 Å². The summed E-state index contributed by atoms with van der Waals surface area (Å²) >= 11 is 2.80. The van der Waals surface area contributed by atoms with Crippen molar-refractivity contribution in [2.45, 2.75) is 10.9 Å². The number of nitrogens with zero attached hydrogens (tertiary/aromatic N) is 3. The van der Waals surface area contributed by atoms with E-state index in [1.165, 1.54) is 23.1 Å². The molecule has 138 valence electrons. The van der Waals surface area contributed by atoms with Crippen LogP contribution in [0.1, 0.15) is 11.1 Å². The monoisotopic (exact) mass is 405 g/mol. The molecular weight excluding hydrogens is 390 g/mol. The second-order valence-corrected chi connectivity index (χ2v) is 7.76. The summed E-state index contributed by atoms with van der Waals surface area (Å²) in [6.45, 7) is 0. The van der Waals surface area contributed by atoms with Crippen LogP contribution >= 0.6 is 23.1 Å². The van der Waals surface area contributed by atoms with Crippen LogP contribution in [0.15, 0.2) is 69.9 Å². The molecule has 2 heterocycles. The number of nitriles is 1. The van der Waals surface area contributed by atoms with Crippen LogP contribution in [0, 0.1) is 11.3 Å². The molecule has 0 saturated carbocycles. The molecule has 0 aliphatic carbocycles. The molecule has 0 amide bonds. The smallest absolute Gasteiger partial charge is 0.276 e. The van der Waals surface area contributed by atoms with Crippen LogP contribution in [0.3, 0.4) is 0 Å². The summed E-state index contributed by atoms with van der Waals surface area (Å²) in [6.07, 6.45) is 0. The topological polar surface area (TPSA) is 67.9 Å². The van der Waals surface area contributed by atoms with Gasteiger partial charge in [0.15, 0.2) is 5.16 Å². The van der Waals surface area contributed by atoms with Gasteiger partial charge in [-0.3, -0.25) is 9.36 Å². The summed E-state index contributed by atoms with van der Waals surface area (Å²) in [5.74, 6) is 1.13. The quantitative estimate of drug-likeness (QED) is 0.358. The molecule has 0 atom stereocenters. The second-order valence-electron chi connectivity index (χ2n) is 5.90.